The summed E-state index contributed by atoms with van der Waals surface area (Å²) in [5.74, 6) is 0. The highest BCUT2D eigenvalue weighted by Gasteiger charge is 2.08. The van der Waals surface area contributed by atoms with E-state index >= 15 is 0 Å². The first-order chi connectivity index (χ1) is 10.1. The van der Waals surface area contributed by atoms with E-state index in [9.17, 15) is 0 Å². The lowest BCUT2D eigenvalue weighted by molar-refractivity contribution is 0.878. The molecule has 2 heterocycles. The lowest BCUT2D eigenvalue weighted by Crippen LogP contribution is -2.05. The van der Waals surface area contributed by atoms with Crippen molar-refractivity contribution in [3.8, 4) is 5.69 Å². The second-order valence-electron chi connectivity index (χ2n) is 4.79. The zero-order chi connectivity index (χ0) is 14.8. The quantitative estimate of drug-likeness (QED) is 0.783. The van der Waals surface area contributed by atoms with Gasteiger partial charge in [-0.25, -0.2) is 9.67 Å². The smallest absolute Gasteiger partial charge is 0.138 e. The van der Waals surface area contributed by atoms with Crippen LogP contribution in [0.2, 0.25) is 5.02 Å². The predicted molar refractivity (Wildman–Crippen MR) is 87.5 cm³/mol. The van der Waals surface area contributed by atoms with Crippen molar-refractivity contribution in [2.45, 2.75) is 20.4 Å². The van der Waals surface area contributed by atoms with Crippen LogP contribution in [0.25, 0.3) is 5.69 Å². The number of benzene rings is 1. The lowest BCUT2D eigenvalue weighted by Gasteiger charge is -2.12. The van der Waals surface area contributed by atoms with E-state index < -0.39 is 0 Å². The van der Waals surface area contributed by atoms with Crippen LogP contribution in [-0.4, -0.2) is 14.8 Å². The maximum Gasteiger partial charge on any atom is 0.138 e. The van der Waals surface area contributed by atoms with Crippen LogP contribution in [-0.2, 0) is 6.54 Å². The first kappa shape index (κ1) is 14.1. The molecule has 0 amide bonds. The molecule has 0 aliphatic carbocycles. The van der Waals surface area contributed by atoms with Crippen LogP contribution in [0.3, 0.4) is 0 Å². The van der Waals surface area contributed by atoms with Gasteiger partial charge in [-0.2, -0.15) is 5.10 Å². The van der Waals surface area contributed by atoms with Gasteiger partial charge in [0.25, 0.3) is 0 Å². The Labute approximate surface area is 132 Å². The third-order valence-corrected chi connectivity index (χ3v) is 4.48. The van der Waals surface area contributed by atoms with Gasteiger partial charge < -0.3 is 5.32 Å². The molecule has 0 fully saturated rings. The minimum Gasteiger partial charge on any atom is -0.379 e. The molecule has 21 heavy (non-hydrogen) atoms. The molecule has 108 valence electrons. The van der Waals surface area contributed by atoms with Crippen molar-refractivity contribution in [1.29, 1.82) is 0 Å². The molecule has 0 aliphatic rings. The van der Waals surface area contributed by atoms with Crippen LogP contribution < -0.4 is 5.32 Å². The van der Waals surface area contributed by atoms with E-state index in [0.29, 0.717) is 5.02 Å². The molecule has 6 heteroatoms. The molecule has 0 saturated heterocycles. The van der Waals surface area contributed by atoms with Gasteiger partial charge in [-0.05, 0) is 43.7 Å². The summed E-state index contributed by atoms with van der Waals surface area (Å²) in [6.45, 7) is 5.03. The monoisotopic (exact) mass is 318 g/mol. The summed E-state index contributed by atoms with van der Waals surface area (Å²) in [5.41, 5.74) is 3.18. The molecular formula is C15H15ClN4S. The van der Waals surface area contributed by atoms with E-state index in [4.69, 9.17) is 11.6 Å². The van der Waals surface area contributed by atoms with Crippen molar-refractivity contribution in [2.75, 3.05) is 5.32 Å². The molecule has 0 radical (unpaired) electrons. The van der Waals surface area contributed by atoms with E-state index in [-0.39, 0.29) is 0 Å². The second kappa shape index (κ2) is 5.87. The van der Waals surface area contributed by atoms with Crippen LogP contribution in [0.15, 0.2) is 36.9 Å². The highest BCUT2D eigenvalue weighted by atomic mass is 35.5. The molecule has 0 atom stereocenters. The van der Waals surface area contributed by atoms with Crippen LogP contribution >= 0.6 is 22.9 Å². The summed E-state index contributed by atoms with van der Waals surface area (Å²) in [4.78, 5) is 6.65. The fourth-order valence-electron chi connectivity index (χ4n) is 2.23. The van der Waals surface area contributed by atoms with E-state index in [0.717, 1.165) is 17.9 Å². The largest absolute Gasteiger partial charge is 0.379 e. The van der Waals surface area contributed by atoms with Crippen molar-refractivity contribution in [1.82, 2.24) is 14.8 Å². The molecule has 0 spiro atoms. The molecule has 3 rings (SSSR count). The zero-order valence-electron chi connectivity index (χ0n) is 11.8. The van der Waals surface area contributed by atoms with E-state index in [1.54, 1.807) is 11.0 Å². The zero-order valence-corrected chi connectivity index (χ0v) is 13.4. The number of anilines is 1. The fourth-order valence-corrected chi connectivity index (χ4v) is 3.35. The number of nitrogens with zero attached hydrogens (tertiary/aromatic N) is 3. The number of hydrogen-bond acceptors (Lipinski definition) is 4. The number of thiophene rings is 1. The minimum atomic E-state index is 0.694. The maximum absolute atomic E-state index is 6.11. The number of aromatic nitrogens is 3. The van der Waals surface area contributed by atoms with Gasteiger partial charge >= 0.3 is 0 Å². The van der Waals surface area contributed by atoms with Gasteiger partial charge in [0.05, 0.1) is 11.4 Å². The van der Waals surface area contributed by atoms with E-state index in [2.05, 4.69) is 35.3 Å². The molecule has 0 aliphatic heterocycles. The normalized spacial score (nSPS) is 10.8. The Bertz CT molecular complexity index is 749. The maximum atomic E-state index is 6.11. The van der Waals surface area contributed by atoms with Gasteiger partial charge in [-0.3, -0.25) is 0 Å². The molecule has 0 bridgehead atoms. The Kier molecular flexibility index (Phi) is 3.94. The Hall–Kier alpha value is -1.85. The number of hydrogen-bond donors (Lipinski definition) is 1. The molecule has 0 unspecified atom stereocenters. The van der Waals surface area contributed by atoms with Crippen molar-refractivity contribution in [3.63, 3.8) is 0 Å². The van der Waals surface area contributed by atoms with Gasteiger partial charge in [0.15, 0.2) is 0 Å². The summed E-state index contributed by atoms with van der Waals surface area (Å²) in [7, 11) is 0. The van der Waals surface area contributed by atoms with Crippen LogP contribution in [0.1, 0.15) is 15.3 Å². The Morgan fingerprint density at radius 3 is 2.81 bits per heavy atom. The van der Waals surface area contributed by atoms with Gasteiger partial charge in [0.2, 0.25) is 0 Å². The standard InChI is InChI=1S/C15H15ClN4S/c1-10-5-12(11(2)21-10)7-18-14-6-13(16)3-4-15(14)20-9-17-8-19-20/h3-6,8-9,18H,7H2,1-2H3. The highest BCUT2D eigenvalue weighted by molar-refractivity contribution is 7.12. The van der Waals surface area contributed by atoms with Crippen molar-refractivity contribution in [3.05, 3.63) is 57.3 Å². The third-order valence-electron chi connectivity index (χ3n) is 3.24. The first-order valence-corrected chi connectivity index (χ1v) is 7.77. The number of halogens is 1. The summed E-state index contributed by atoms with van der Waals surface area (Å²) in [6.07, 6.45) is 3.19. The molecule has 3 aromatic rings. The van der Waals surface area contributed by atoms with E-state index in [1.165, 1.54) is 21.6 Å². The van der Waals surface area contributed by atoms with Crippen molar-refractivity contribution < 1.29 is 0 Å². The van der Waals surface area contributed by atoms with Crippen molar-refractivity contribution >= 4 is 28.6 Å². The van der Waals surface area contributed by atoms with Crippen LogP contribution in [0, 0.1) is 13.8 Å². The van der Waals surface area contributed by atoms with Crippen molar-refractivity contribution in [2.24, 2.45) is 0 Å². The summed E-state index contributed by atoms with van der Waals surface area (Å²) in [6, 6.07) is 7.91. The van der Waals surface area contributed by atoms with Gasteiger partial charge in [-0.1, -0.05) is 11.6 Å². The Balaban J connectivity index is 1.88. The van der Waals surface area contributed by atoms with Gasteiger partial charge in [0.1, 0.15) is 12.7 Å². The third kappa shape index (κ3) is 3.09. The molecule has 2 aromatic heterocycles. The number of rotatable bonds is 4. The number of nitrogens with one attached hydrogen (secondary N) is 1. The van der Waals surface area contributed by atoms with E-state index in [1.807, 2.05) is 29.5 Å². The van der Waals surface area contributed by atoms with Gasteiger partial charge in [-0.15, -0.1) is 11.3 Å². The minimum absolute atomic E-state index is 0.694. The fraction of sp³-hybridized carbons (Fsp3) is 0.200. The second-order valence-corrected chi connectivity index (χ2v) is 6.69. The summed E-state index contributed by atoms with van der Waals surface area (Å²) >= 11 is 7.93. The average Bonchev–Trinajstić information content (AvgIpc) is 3.06. The first-order valence-electron chi connectivity index (χ1n) is 6.58. The highest BCUT2D eigenvalue weighted by Crippen LogP contribution is 2.26. The summed E-state index contributed by atoms with van der Waals surface area (Å²) in [5, 5.41) is 8.32. The molecular weight excluding hydrogens is 304 g/mol. The topological polar surface area (TPSA) is 42.7 Å². The van der Waals surface area contributed by atoms with Gasteiger partial charge in [0, 0.05) is 21.3 Å². The molecule has 1 aromatic carbocycles. The van der Waals surface area contributed by atoms with Crippen LogP contribution in [0.4, 0.5) is 5.69 Å². The summed E-state index contributed by atoms with van der Waals surface area (Å²) < 4.78 is 1.73. The predicted octanol–water partition coefficient (Wildman–Crippen LogP) is 4.21. The molecule has 0 saturated carbocycles. The molecule has 4 nitrogen and oxygen atoms in total. The SMILES string of the molecule is Cc1cc(CNc2cc(Cl)ccc2-n2cncn2)c(C)s1. The van der Waals surface area contributed by atoms with Crippen LogP contribution in [0.5, 0.6) is 0 Å². The Morgan fingerprint density at radius 1 is 1.29 bits per heavy atom. The number of aryl methyl sites for hydroxylation is 2. The lowest BCUT2D eigenvalue weighted by atomic mass is 10.2. The average molecular weight is 319 g/mol. The molecule has 1 N–H and O–H groups in total. The Morgan fingerprint density at radius 2 is 2.14 bits per heavy atom.